The molecule has 0 spiro atoms. The second-order valence-electron chi connectivity index (χ2n) is 6.59. The molecule has 0 aliphatic carbocycles. The summed E-state index contributed by atoms with van der Waals surface area (Å²) in [6.45, 7) is 0.196. The summed E-state index contributed by atoms with van der Waals surface area (Å²) in [5.74, 6) is -1.41. The summed E-state index contributed by atoms with van der Waals surface area (Å²) in [5.41, 5.74) is 0.0756. The number of non-ortho nitro benzene ring substituents is 1. The predicted octanol–water partition coefficient (Wildman–Crippen LogP) is 0.982. The summed E-state index contributed by atoms with van der Waals surface area (Å²) in [5, 5.41) is 28.1. The van der Waals surface area contributed by atoms with Gasteiger partial charge in [-0.1, -0.05) is 18.2 Å². The quantitative estimate of drug-likeness (QED) is 0.160. The zero-order valence-electron chi connectivity index (χ0n) is 16.6. The van der Waals surface area contributed by atoms with Crippen LogP contribution >= 0.6 is 0 Å². The Kier molecular flexibility index (Phi) is 11.9. The van der Waals surface area contributed by atoms with Crippen molar-refractivity contribution in [2.45, 2.75) is 25.3 Å². The van der Waals surface area contributed by atoms with E-state index in [0.717, 1.165) is 0 Å². The van der Waals surface area contributed by atoms with Crippen LogP contribution in [0, 0.1) is 10.1 Å². The van der Waals surface area contributed by atoms with Crippen LogP contribution in [0.4, 0.5) is 11.5 Å². The molecule has 0 fully saturated rings. The number of nitrogens with zero attached hydrogens (tertiary/aromatic N) is 2. The third kappa shape index (κ3) is 9.86. The third-order valence-corrected chi connectivity index (χ3v) is 4.20. The van der Waals surface area contributed by atoms with E-state index >= 15 is 0 Å². The number of hydrogen-bond acceptors (Lipinski definition) is 7. The Labute approximate surface area is 206 Å². The molecule has 0 saturated heterocycles. The summed E-state index contributed by atoms with van der Waals surface area (Å²) in [6.07, 6.45) is 1.91. The van der Waals surface area contributed by atoms with Crippen LogP contribution in [-0.4, -0.2) is 75.4 Å². The molecule has 4 N–H and O–H groups in total. The fourth-order valence-corrected chi connectivity index (χ4v) is 2.73. The van der Waals surface area contributed by atoms with Crippen LogP contribution in [0.3, 0.4) is 0 Å². The number of nitrogens with one attached hydrogen (secondary N) is 3. The zero-order chi connectivity index (χ0) is 22.6. The summed E-state index contributed by atoms with van der Waals surface area (Å²) >= 11 is 0. The molecule has 11 nitrogen and oxygen atoms in total. The Bertz CT molecular complexity index is 928. The van der Waals surface area contributed by atoms with Crippen molar-refractivity contribution < 1.29 is 24.4 Å². The van der Waals surface area contributed by atoms with Gasteiger partial charge < -0.3 is 21.1 Å². The van der Waals surface area contributed by atoms with E-state index in [-0.39, 0.29) is 59.7 Å². The number of hydrogen-bond donors (Lipinski definition) is 4. The molecular weight excluding hydrogens is 429 g/mol. The number of carbonyl (C=O) groups is 3. The summed E-state index contributed by atoms with van der Waals surface area (Å²) in [7, 11) is 0. The summed E-state index contributed by atoms with van der Waals surface area (Å²) < 4.78 is 0. The molecule has 1 aromatic heterocycles. The first-order valence-electron chi connectivity index (χ1n) is 9.52. The summed E-state index contributed by atoms with van der Waals surface area (Å²) in [6, 6.07) is 9.86. The number of nitro benzene ring substituents is 1. The first-order valence-corrected chi connectivity index (χ1v) is 9.52. The summed E-state index contributed by atoms with van der Waals surface area (Å²) in [4.78, 5) is 49.6. The molecule has 0 radical (unpaired) electrons. The normalized spacial score (nSPS) is 10.9. The second-order valence-corrected chi connectivity index (χ2v) is 6.59. The van der Waals surface area contributed by atoms with Gasteiger partial charge in [-0.05, 0) is 24.1 Å². The minimum absolute atomic E-state index is 0. The van der Waals surface area contributed by atoms with Crippen LogP contribution in [0.2, 0.25) is 0 Å². The van der Waals surface area contributed by atoms with Gasteiger partial charge in [-0.3, -0.25) is 24.5 Å². The first kappa shape index (κ1) is 27.0. The number of amides is 2. The predicted molar refractivity (Wildman–Crippen MR) is 118 cm³/mol. The Morgan fingerprint density at radius 1 is 1.12 bits per heavy atom. The van der Waals surface area contributed by atoms with E-state index in [1.807, 2.05) is 6.07 Å². The zero-order valence-corrected chi connectivity index (χ0v) is 16.6. The molecule has 0 saturated carbocycles. The van der Waals surface area contributed by atoms with Crippen LogP contribution in [0.25, 0.3) is 0 Å². The molecule has 0 aliphatic heterocycles. The van der Waals surface area contributed by atoms with Crippen LogP contribution in [-0.2, 0) is 14.4 Å². The SMILES string of the molecule is O=C(O)CC(NC(=O)CNC(=O)CCCNc1ccccn1)c1cccc([N+](=O)[O-])c1.[NaH]. The number of benzene rings is 1. The Morgan fingerprint density at radius 3 is 2.56 bits per heavy atom. The number of carboxylic acid groups (broad SMARTS) is 1. The van der Waals surface area contributed by atoms with Gasteiger partial charge in [-0.15, -0.1) is 0 Å². The molecule has 2 aromatic rings. The maximum absolute atomic E-state index is 12.2. The average Bonchev–Trinajstić information content (AvgIpc) is 2.75. The molecule has 32 heavy (non-hydrogen) atoms. The van der Waals surface area contributed by atoms with Crippen molar-refractivity contribution in [2.24, 2.45) is 0 Å². The molecule has 12 heteroatoms. The van der Waals surface area contributed by atoms with E-state index < -0.39 is 29.3 Å². The fourth-order valence-electron chi connectivity index (χ4n) is 2.73. The van der Waals surface area contributed by atoms with Crippen molar-refractivity contribution in [3.8, 4) is 0 Å². The number of anilines is 1. The molecule has 1 aromatic carbocycles. The number of nitro groups is 1. The molecule has 0 bridgehead atoms. The topological polar surface area (TPSA) is 164 Å². The van der Waals surface area contributed by atoms with Gasteiger partial charge in [0.2, 0.25) is 11.8 Å². The molecule has 2 rings (SSSR count). The minimum atomic E-state index is -1.18. The van der Waals surface area contributed by atoms with Gasteiger partial charge in [0.05, 0.1) is 23.9 Å². The van der Waals surface area contributed by atoms with E-state index in [2.05, 4.69) is 20.9 Å². The van der Waals surface area contributed by atoms with Crippen LogP contribution in [0.1, 0.15) is 30.9 Å². The van der Waals surface area contributed by atoms with E-state index in [1.165, 1.54) is 24.3 Å². The van der Waals surface area contributed by atoms with Gasteiger partial charge in [0, 0.05) is 31.3 Å². The van der Waals surface area contributed by atoms with Gasteiger partial charge in [-0.2, -0.15) is 0 Å². The van der Waals surface area contributed by atoms with Gasteiger partial charge in [0.25, 0.3) is 5.69 Å². The number of pyridine rings is 1. The molecular formula is C20H24N5NaO6. The van der Waals surface area contributed by atoms with Gasteiger partial charge in [0.1, 0.15) is 5.82 Å². The van der Waals surface area contributed by atoms with Crippen LogP contribution < -0.4 is 16.0 Å². The van der Waals surface area contributed by atoms with Crippen molar-refractivity contribution in [3.05, 3.63) is 64.3 Å². The number of aliphatic carboxylic acids is 1. The Balaban J connectivity index is 0.00000512. The van der Waals surface area contributed by atoms with Crippen LogP contribution in [0.15, 0.2) is 48.7 Å². The molecule has 166 valence electrons. The number of carbonyl (C=O) groups excluding carboxylic acids is 2. The molecule has 0 aliphatic rings. The molecule has 1 atom stereocenters. The van der Waals surface area contributed by atoms with Crippen molar-refractivity contribution in [2.75, 3.05) is 18.4 Å². The molecule has 2 amide bonds. The Hall–Kier alpha value is -3.02. The average molecular weight is 453 g/mol. The van der Waals surface area contributed by atoms with E-state index in [0.29, 0.717) is 18.8 Å². The van der Waals surface area contributed by atoms with Crippen molar-refractivity contribution in [3.63, 3.8) is 0 Å². The van der Waals surface area contributed by atoms with Crippen molar-refractivity contribution in [1.82, 2.24) is 15.6 Å². The standard InChI is InChI=1S/C20H23N5O6.Na.H/c26-18(8-4-10-22-17-7-1-2-9-21-17)23-13-19(27)24-16(12-20(28)29)14-5-3-6-15(11-14)25(30)31;;/h1-3,5-7,9,11,16H,4,8,10,12-13H2,(H,21,22)(H,23,26)(H,24,27)(H,28,29);;. The van der Waals surface area contributed by atoms with Gasteiger partial charge >= 0.3 is 35.5 Å². The number of aromatic nitrogens is 1. The van der Waals surface area contributed by atoms with Gasteiger partial charge in [0.15, 0.2) is 0 Å². The van der Waals surface area contributed by atoms with E-state index in [4.69, 9.17) is 5.11 Å². The maximum atomic E-state index is 12.2. The second kappa shape index (κ2) is 14.1. The Morgan fingerprint density at radius 2 is 1.91 bits per heavy atom. The van der Waals surface area contributed by atoms with Crippen LogP contribution in [0.5, 0.6) is 0 Å². The van der Waals surface area contributed by atoms with Crippen molar-refractivity contribution >= 4 is 58.8 Å². The van der Waals surface area contributed by atoms with E-state index in [9.17, 15) is 24.5 Å². The number of carboxylic acids is 1. The monoisotopic (exact) mass is 453 g/mol. The fraction of sp³-hybridized carbons (Fsp3) is 0.300. The van der Waals surface area contributed by atoms with Gasteiger partial charge in [-0.25, -0.2) is 4.98 Å². The number of rotatable bonds is 12. The van der Waals surface area contributed by atoms with E-state index in [1.54, 1.807) is 18.3 Å². The first-order chi connectivity index (χ1) is 14.8. The molecule has 1 heterocycles. The van der Waals surface area contributed by atoms with Crippen molar-refractivity contribution in [1.29, 1.82) is 0 Å². The molecule has 1 unspecified atom stereocenters. The third-order valence-electron chi connectivity index (χ3n) is 4.20.